The molecule has 1 fully saturated rings. The molecule has 0 radical (unpaired) electrons. The van der Waals surface area contributed by atoms with Gasteiger partial charge in [0.1, 0.15) is 5.82 Å². The summed E-state index contributed by atoms with van der Waals surface area (Å²) in [6.07, 6.45) is -4.48. The van der Waals surface area contributed by atoms with Crippen molar-refractivity contribution in [1.82, 2.24) is 4.90 Å². The third-order valence-electron chi connectivity index (χ3n) is 3.50. The number of benzene rings is 1. The smallest absolute Gasteiger partial charge is 0.312 e. The van der Waals surface area contributed by atoms with E-state index in [1.54, 1.807) is 0 Å². The molecule has 3 nitrogen and oxygen atoms in total. The zero-order valence-electron chi connectivity index (χ0n) is 13.1. The van der Waals surface area contributed by atoms with E-state index in [0.29, 0.717) is 11.8 Å². The minimum atomic E-state index is -4.48. The van der Waals surface area contributed by atoms with Crippen molar-refractivity contribution in [3.05, 3.63) is 23.5 Å². The number of halogens is 8. The second-order valence-electron chi connectivity index (χ2n) is 5.70. The molecule has 146 valence electrons. The van der Waals surface area contributed by atoms with Crippen LogP contribution in [0.1, 0.15) is 5.56 Å². The van der Waals surface area contributed by atoms with Crippen molar-refractivity contribution in [2.45, 2.75) is 29.8 Å². The molecule has 0 atom stereocenters. The van der Waals surface area contributed by atoms with Crippen LogP contribution in [-0.2, 0) is 0 Å². The molecule has 0 aliphatic carbocycles. The van der Waals surface area contributed by atoms with E-state index >= 15 is 0 Å². The number of likely N-dealkylation sites (tertiary alicyclic amines) is 1. The number of nitrogens with zero attached hydrogens (tertiary/aromatic N) is 1. The Balaban J connectivity index is 2.15. The molecule has 2 rings (SSSR count). The van der Waals surface area contributed by atoms with Gasteiger partial charge < -0.3 is 10.2 Å². The molecular formula is C14H12F8N2OS. The topological polar surface area (TPSA) is 32.3 Å². The Bertz CT molecular complexity index is 691. The average molecular weight is 408 g/mol. The monoisotopic (exact) mass is 408 g/mol. The maximum atomic E-state index is 13.9. The highest BCUT2D eigenvalue weighted by Crippen LogP contribution is 2.41. The maximum Gasteiger partial charge on any atom is 0.398 e. The number of rotatable bonds is 3. The predicted molar refractivity (Wildman–Crippen MR) is 78.4 cm³/mol. The molecule has 1 aliphatic rings. The fraction of sp³-hybridized carbons (Fsp3) is 0.500. The minimum Gasteiger partial charge on any atom is -0.312 e. The second-order valence-corrected chi connectivity index (χ2v) is 6.71. The summed E-state index contributed by atoms with van der Waals surface area (Å²) in [6.45, 7) is -1.78. The van der Waals surface area contributed by atoms with Crippen molar-refractivity contribution >= 4 is 23.5 Å². The number of carbonyl (C=O) groups excluding carboxylic acids is 1. The van der Waals surface area contributed by atoms with Crippen molar-refractivity contribution in [2.24, 2.45) is 0 Å². The lowest BCUT2D eigenvalue weighted by atomic mass is 10.2. The number of urea groups is 1. The molecule has 26 heavy (non-hydrogen) atoms. The van der Waals surface area contributed by atoms with Gasteiger partial charge in [-0.3, -0.25) is 0 Å². The van der Waals surface area contributed by atoms with Crippen molar-refractivity contribution in [1.29, 1.82) is 0 Å². The van der Waals surface area contributed by atoms with Gasteiger partial charge in [-0.15, -0.1) is 11.8 Å². The highest BCUT2D eigenvalue weighted by Gasteiger charge is 2.63. The SMILES string of the molecule is Cc1cc(F)c(NC(=O)N2CC(F)(F)C(F)(F)C2)cc1SCC(F)(F)F. The number of hydrogen-bond donors (Lipinski definition) is 1. The molecule has 0 saturated carbocycles. The second kappa shape index (κ2) is 6.78. The number of carbonyl (C=O) groups is 1. The van der Waals surface area contributed by atoms with Crippen molar-refractivity contribution in [2.75, 3.05) is 24.2 Å². The van der Waals surface area contributed by atoms with Gasteiger partial charge in [0, 0.05) is 4.90 Å². The molecule has 1 N–H and O–H groups in total. The van der Waals surface area contributed by atoms with Gasteiger partial charge in [-0.25, -0.2) is 9.18 Å². The van der Waals surface area contributed by atoms with E-state index in [1.165, 1.54) is 6.92 Å². The molecule has 0 aromatic heterocycles. The third kappa shape index (κ3) is 4.51. The summed E-state index contributed by atoms with van der Waals surface area (Å²) in [5.74, 6) is -11.2. The van der Waals surface area contributed by atoms with Crippen molar-refractivity contribution in [3.63, 3.8) is 0 Å². The van der Waals surface area contributed by atoms with Crippen LogP contribution in [0.5, 0.6) is 0 Å². The first-order valence-corrected chi connectivity index (χ1v) is 8.02. The average Bonchev–Trinajstić information content (AvgIpc) is 2.68. The van der Waals surface area contributed by atoms with Gasteiger partial charge in [0.05, 0.1) is 24.5 Å². The lowest BCUT2D eigenvalue weighted by Crippen LogP contribution is -2.38. The summed E-state index contributed by atoms with van der Waals surface area (Å²) in [6, 6.07) is 0.337. The number of nitrogens with one attached hydrogen (secondary N) is 1. The number of hydrogen-bond acceptors (Lipinski definition) is 2. The number of anilines is 1. The lowest BCUT2D eigenvalue weighted by molar-refractivity contribution is -0.172. The molecule has 1 aromatic rings. The quantitative estimate of drug-likeness (QED) is 0.570. The molecule has 12 heteroatoms. The van der Waals surface area contributed by atoms with Crippen molar-refractivity contribution < 1.29 is 39.9 Å². The van der Waals surface area contributed by atoms with Gasteiger partial charge >= 0.3 is 24.1 Å². The standard InChI is InChI=1S/C14H12F8N2OS/c1-7-2-8(15)9(3-10(7)26-6-14(20,21)22)23-11(25)24-4-12(16,17)13(18,19)5-24/h2-3H,4-6H2,1H3,(H,23,25). The summed E-state index contributed by atoms with van der Waals surface area (Å²) >= 11 is 0.339. The van der Waals surface area contributed by atoms with Crippen LogP contribution in [0.25, 0.3) is 0 Å². The third-order valence-corrected chi connectivity index (χ3v) is 4.72. The summed E-state index contributed by atoms with van der Waals surface area (Å²) < 4.78 is 103. The molecule has 0 bridgehead atoms. The number of aryl methyl sites for hydroxylation is 1. The highest BCUT2D eigenvalue weighted by molar-refractivity contribution is 7.99. The first-order valence-electron chi connectivity index (χ1n) is 7.03. The van der Waals surface area contributed by atoms with Crippen LogP contribution in [0, 0.1) is 12.7 Å². The molecule has 1 aliphatic heterocycles. The highest BCUT2D eigenvalue weighted by atomic mass is 32.2. The largest absolute Gasteiger partial charge is 0.398 e. The van der Waals surface area contributed by atoms with Gasteiger partial charge in [-0.2, -0.15) is 30.7 Å². The fourth-order valence-electron chi connectivity index (χ4n) is 2.17. The van der Waals surface area contributed by atoms with E-state index in [1.807, 2.05) is 5.32 Å². The Labute approximate surface area is 146 Å². The fourth-order valence-corrected chi connectivity index (χ4v) is 2.98. The normalized spacial score (nSPS) is 18.9. The first-order chi connectivity index (χ1) is 11.7. The summed E-state index contributed by atoms with van der Waals surface area (Å²) in [5.41, 5.74) is -0.433. The lowest BCUT2D eigenvalue weighted by Gasteiger charge is -2.17. The number of amides is 2. The zero-order valence-corrected chi connectivity index (χ0v) is 13.9. The molecular weight excluding hydrogens is 396 g/mol. The van der Waals surface area contributed by atoms with Crippen LogP contribution in [0.2, 0.25) is 0 Å². The predicted octanol–water partition coefficient (Wildman–Crippen LogP) is 4.91. The Morgan fingerprint density at radius 3 is 2.23 bits per heavy atom. The minimum absolute atomic E-state index is 0.00360. The molecule has 1 aromatic carbocycles. The van der Waals surface area contributed by atoms with Crippen LogP contribution in [0.4, 0.5) is 45.6 Å². The van der Waals surface area contributed by atoms with Crippen molar-refractivity contribution in [3.8, 4) is 0 Å². The Kier molecular flexibility index (Phi) is 5.37. The van der Waals surface area contributed by atoms with Crippen LogP contribution < -0.4 is 5.32 Å². The molecule has 0 unspecified atom stereocenters. The number of thioether (sulfide) groups is 1. The summed E-state index contributed by atoms with van der Waals surface area (Å²) in [5, 5.41) is 1.84. The van der Waals surface area contributed by atoms with E-state index in [2.05, 4.69) is 0 Å². The van der Waals surface area contributed by atoms with Crippen LogP contribution >= 0.6 is 11.8 Å². The van der Waals surface area contributed by atoms with Crippen LogP contribution in [0.15, 0.2) is 17.0 Å². The van der Waals surface area contributed by atoms with Gasteiger partial charge in [0.15, 0.2) is 0 Å². The van der Waals surface area contributed by atoms with E-state index in [0.717, 1.165) is 12.1 Å². The number of alkyl halides is 7. The van der Waals surface area contributed by atoms with E-state index in [-0.39, 0.29) is 15.4 Å². The molecule has 1 heterocycles. The molecule has 1 saturated heterocycles. The summed E-state index contributed by atoms with van der Waals surface area (Å²) in [4.78, 5) is 12.0. The molecule has 2 amide bonds. The Morgan fingerprint density at radius 2 is 1.73 bits per heavy atom. The Morgan fingerprint density at radius 1 is 1.19 bits per heavy atom. The Hall–Kier alpha value is -1.72. The zero-order chi connectivity index (χ0) is 19.9. The van der Waals surface area contributed by atoms with Gasteiger partial charge in [-0.05, 0) is 24.6 Å². The maximum absolute atomic E-state index is 13.9. The van der Waals surface area contributed by atoms with Gasteiger partial charge in [0.2, 0.25) is 0 Å². The van der Waals surface area contributed by atoms with Crippen LogP contribution in [-0.4, -0.2) is 47.8 Å². The summed E-state index contributed by atoms with van der Waals surface area (Å²) in [7, 11) is 0. The van der Waals surface area contributed by atoms with Crippen LogP contribution in [0.3, 0.4) is 0 Å². The van der Waals surface area contributed by atoms with Gasteiger partial charge in [0.25, 0.3) is 0 Å². The van der Waals surface area contributed by atoms with E-state index in [9.17, 15) is 39.9 Å². The molecule has 0 spiro atoms. The van der Waals surface area contributed by atoms with E-state index < -0.39 is 54.4 Å². The first kappa shape index (κ1) is 20.6. The van der Waals surface area contributed by atoms with Gasteiger partial charge in [-0.1, -0.05) is 0 Å². The van der Waals surface area contributed by atoms with E-state index in [4.69, 9.17) is 0 Å².